The molecule has 0 heterocycles. The molecule has 1 aromatic rings. The molecule has 0 aliphatic heterocycles. The Labute approximate surface area is 141 Å². The van der Waals surface area contributed by atoms with Crippen LogP contribution in [-0.2, 0) is 6.42 Å². The molecule has 0 bridgehead atoms. The van der Waals surface area contributed by atoms with Gasteiger partial charge in [0.05, 0.1) is 0 Å². The Morgan fingerprint density at radius 1 is 1.45 bits per heavy atom. The molecule has 0 aliphatic rings. The van der Waals surface area contributed by atoms with E-state index in [1.807, 2.05) is 6.92 Å². The van der Waals surface area contributed by atoms with Crippen LogP contribution in [0, 0.1) is 5.82 Å². The molecular formula is C14H20ClFIN3. The summed E-state index contributed by atoms with van der Waals surface area (Å²) in [5, 5.41) is 6.68. The Morgan fingerprint density at radius 3 is 2.80 bits per heavy atom. The van der Waals surface area contributed by atoms with Crippen molar-refractivity contribution in [3.8, 4) is 0 Å². The molecule has 0 radical (unpaired) electrons. The zero-order valence-electron chi connectivity index (χ0n) is 11.5. The Kier molecular flexibility index (Phi) is 10.5. The summed E-state index contributed by atoms with van der Waals surface area (Å²) in [6.07, 6.45) is 2.44. The minimum atomic E-state index is -0.321. The number of nitrogens with zero attached hydrogens (tertiary/aromatic N) is 1. The van der Waals surface area contributed by atoms with Gasteiger partial charge in [-0.2, -0.15) is 0 Å². The highest BCUT2D eigenvalue weighted by atomic mass is 127. The molecule has 0 atom stereocenters. The van der Waals surface area contributed by atoms with Crippen molar-refractivity contribution in [2.75, 3.05) is 19.6 Å². The van der Waals surface area contributed by atoms with Gasteiger partial charge in [0.15, 0.2) is 5.96 Å². The van der Waals surface area contributed by atoms with E-state index in [1.165, 1.54) is 12.1 Å². The molecule has 112 valence electrons. The van der Waals surface area contributed by atoms with Crippen molar-refractivity contribution in [2.45, 2.75) is 13.3 Å². The number of nitrogens with one attached hydrogen (secondary N) is 2. The van der Waals surface area contributed by atoms with Gasteiger partial charge in [0.1, 0.15) is 5.82 Å². The van der Waals surface area contributed by atoms with E-state index in [0.29, 0.717) is 24.5 Å². The SMILES string of the molecule is C=CCNC(=NCCc1ccc(F)cc1Cl)NCC.I. The molecule has 0 unspecified atom stereocenters. The molecule has 0 fully saturated rings. The van der Waals surface area contributed by atoms with Gasteiger partial charge in [-0.3, -0.25) is 4.99 Å². The van der Waals surface area contributed by atoms with Crippen LogP contribution in [-0.4, -0.2) is 25.6 Å². The molecule has 0 saturated carbocycles. The van der Waals surface area contributed by atoms with Crippen molar-refractivity contribution in [2.24, 2.45) is 4.99 Å². The van der Waals surface area contributed by atoms with Crippen molar-refractivity contribution in [3.63, 3.8) is 0 Å². The number of benzene rings is 1. The second-order valence-corrected chi connectivity index (χ2v) is 4.32. The van der Waals surface area contributed by atoms with Crippen LogP contribution in [0.15, 0.2) is 35.8 Å². The van der Waals surface area contributed by atoms with Gasteiger partial charge < -0.3 is 10.6 Å². The lowest BCUT2D eigenvalue weighted by atomic mass is 10.1. The first kappa shape index (κ1) is 19.2. The van der Waals surface area contributed by atoms with Gasteiger partial charge in [-0.15, -0.1) is 30.6 Å². The zero-order valence-corrected chi connectivity index (χ0v) is 14.5. The summed E-state index contributed by atoms with van der Waals surface area (Å²) in [7, 11) is 0. The van der Waals surface area contributed by atoms with Crippen molar-refractivity contribution < 1.29 is 4.39 Å². The molecule has 0 aromatic heterocycles. The standard InChI is InChI=1S/C14H19ClFN3.HI/c1-3-8-18-14(17-4-2)19-9-7-11-5-6-12(16)10-13(11)15;/h3,5-6,10H,1,4,7-9H2,2H3,(H2,17,18,19);1H. The van der Waals surface area contributed by atoms with Crippen LogP contribution in [0.1, 0.15) is 12.5 Å². The van der Waals surface area contributed by atoms with E-state index in [9.17, 15) is 4.39 Å². The van der Waals surface area contributed by atoms with E-state index in [-0.39, 0.29) is 29.8 Å². The van der Waals surface area contributed by atoms with Crippen molar-refractivity contribution >= 4 is 41.5 Å². The summed E-state index contributed by atoms with van der Waals surface area (Å²) in [4.78, 5) is 4.40. The molecular weight excluding hydrogens is 392 g/mol. The number of hydrogen-bond acceptors (Lipinski definition) is 1. The lowest BCUT2D eigenvalue weighted by Crippen LogP contribution is -2.37. The Balaban J connectivity index is 0.00000361. The number of halogens is 3. The first-order valence-corrected chi connectivity index (χ1v) is 6.62. The van der Waals surface area contributed by atoms with Crippen molar-refractivity contribution in [1.82, 2.24) is 10.6 Å². The molecule has 1 aromatic carbocycles. The van der Waals surface area contributed by atoms with Gasteiger partial charge >= 0.3 is 0 Å². The van der Waals surface area contributed by atoms with Crippen LogP contribution in [0.3, 0.4) is 0 Å². The largest absolute Gasteiger partial charge is 0.357 e. The monoisotopic (exact) mass is 411 g/mol. The van der Waals surface area contributed by atoms with Crippen LogP contribution in [0.4, 0.5) is 4.39 Å². The van der Waals surface area contributed by atoms with Crippen LogP contribution in [0.25, 0.3) is 0 Å². The van der Waals surface area contributed by atoms with E-state index >= 15 is 0 Å². The number of hydrogen-bond donors (Lipinski definition) is 2. The average molecular weight is 412 g/mol. The smallest absolute Gasteiger partial charge is 0.191 e. The number of guanidine groups is 1. The second-order valence-electron chi connectivity index (χ2n) is 3.92. The fourth-order valence-electron chi connectivity index (χ4n) is 1.52. The fraction of sp³-hybridized carbons (Fsp3) is 0.357. The van der Waals surface area contributed by atoms with Gasteiger partial charge in [-0.25, -0.2) is 4.39 Å². The molecule has 3 nitrogen and oxygen atoms in total. The Hall–Kier alpha value is -0.820. The minimum Gasteiger partial charge on any atom is -0.357 e. The number of aliphatic imine (C=N–C) groups is 1. The van der Waals surface area contributed by atoms with E-state index in [4.69, 9.17) is 11.6 Å². The molecule has 20 heavy (non-hydrogen) atoms. The summed E-state index contributed by atoms with van der Waals surface area (Å²) in [6, 6.07) is 4.42. The lowest BCUT2D eigenvalue weighted by molar-refractivity contribution is 0.627. The van der Waals surface area contributed by atoms with Gasteiger partial charge in [0.25, 0.3) is 0 Å². The molecule has 1 rings (SSSR count). The summed E-state index contributed by atoms with van der Waals surface area (Å²) in [5.41, 5.74) is 0.895. The minimum absolute atomic E-state index is 0. The first-order chi connectivity index (χ1) is 9.17. The van der Waals surface area contributed by atoms with E-state index < -0.39 is 0 Å². The van der Waals surface area contributed by atoms with E-state index in [1.54, 1.807) is 12.1 Å². The third kappa shape index (κ3) is 7.09. The maximum atomic E-state index is 12.9. The van der Waals surface area contributed by atoms with Crippen LogP contribution in [0.2, 0.25) is 5.02 Å². The third-order valence-corrected chi connectivity index (χ3v) is 2.78. The van der Waals surface area contributed by atoms with E-state index in [0.717, 1.165) is 18.1 Å². The van der Waals surface area contributed by atoms with Gasteiger partial charge in [-0.05, 0) is 31.0 Å². The van der Waals surface area contributed by atoms with Crippen LogP contribution in [0.5, 0.6) is 0 Å². The fourth-order valence-corrected chi connectivity index (χ4v) is 1.78. The predicted molar refractivity (Wildman–Crippen MR) is 94.7 cm³/mol. The van der Waals surface area contributed by atoms with Gasteiger partial charge in [0, 0.05) is 24.7 Å². The van der Waals surface area contributed by atoms with Gasteiger partial charge in [-0.1, -0.05) is 23.7 Å². The maximum absolute atomic E-state index is 12.9. The molecule has 0 spiro atoms. The Bertz CT molecular complexity index is 452. The Morgan fingerprint density at radius 2 is 2.20 bits per heavy atom. The zero-order chi connectivity index (χ0) is 14.1. The molecule has 0 aliphatic carbocycles. The highest BCUT2D eigenvalue weighted by Gasteiger charge is 2.02. The predicted octanol–water partition coefficient (Wildman–Crippen LogP) is 3.38. The molecule has 6 heteroatoms. The first-order valence-electron chi connectivity index (χ1n) is 6.24. The lowest BCUT2D eigenvalue weighted by Gasteiger charge is -2.09. The summed E-state index contributed by atoms with van der Waals surface area (Å²) < 4.78 is 12.9. The summed E-state index contributed by atoms with van der Waals surface area (Å²) in [5.74, 6) is 0.416. The van der Waals surface area contributed by atoms with Gasteiger partial charge in [0.2, 0.25) is 0 Å². The molecule has 0 saturated heterocycles. The van der Waals surface area contributed by atoms with Crippen molar-refractivity contribution in [3.05, 3.63) is 47.3 Å². The maximum Gasteiger partial charge on any atom is 0.191 e. The quantitative estimate of drug-likeness (QED) is 0.326. The third-order valence-electron chi connectivity index (χ3n) is 2.42. The molecule has 2 N–H and O–H groups in total. The highest BCUT2D eigenvalue weighted by molar-refractivity contribution is 14.0. The van der Waals surface area contributed by atoms with Crippen LogP contribution >= 0.6 is 35.6 Å². The van der Waals surface area contributed by atoms with Crippen LogP contribution < -0.4 is 10.6 Å². The number of rotatable bonds is 6. The topological polar surface area (TPSA) is 36.4 Å². The second kappa shape index (κ2) is 10.9. The normalized spacial score (nSPS) is 10.7. The average Bonchev–Trinajstić information content (AvgIpc) is 2.38. The molecule has 0 amide bonds. The van der Waals surface area contributed by atoms with E-state index in [2.05, 4.69) is 22.2 Å². The summed E-state index contributed by atoms with van der Waals surface area (Å²) in [6.45, 7) is 7.67. The summed E-state index contributed by atoms with van der Waals surface area (Å²) >= 11 is 5.96. The highest BCUT2D eigenvalue weighted by Crippen LogP contribution is 2.17. The van der Waals surface area contributed by atoms with Crippen molar-refractivity contribution in [1.29, 1.82) is 0 Å².